The Morgan fingerprint density at radius 2 is 1.92 bits per heavy atom. The fourth-order valence-electron chi connectivity index (χ4n) is 3.39. The van der Waals surface area contributed by atoms with Crippen LogP contribution in [0.25, 0.3) is 16.1 Å². The molecule has 0 saturated heterocycles. The number of ether oxygens (including phenoxy) is 2. The number of anilines is 1. The van der Waals surface area contributed by atoms with Gasteiger partial charge in [-0.2, -0.15) is 0 Å². The summed E-state index contributed by atoms with van der Waals surface area (Å²) in [5.74, 6) is 0.921. The number of rotatable bonds is 8. The summed E-state index contributed by atoms with van der Waals surface area (Å²) >= 11 is 7.27. The third-order valence-corrected chi connectivity index (χ3v) is 6.27. The Balaban J connectivity index is 1.52. The van der Waals surface area contributed by atoms with Gasteiger partial charge in [0.1, 0.15) is 10.9 Å². The highest BCUT2D eigenvalue weighted by atomic mass is 35.5. The molecule has 0 radical (unpaired) electrons. The number of carbonyl (C=O) groups is 1. The number of hydrogen-bond donors (Lipinski definition) is 2. The van der Waals surface area contributed by atoms with Crippen molar-refractivity contribution >= 4 is 40.6 Å². The smallest absolute Gasteiger partial charge is 0.276 e. The number of methoxy groups -OCH3 is 2. The molecule has 11 heteroatoms. The molecule has 0 spiro atoms. The lowest BCUT2D eigenvalue weighted by Crippen LogP contribution is -2.12. The number of amides is 1. The van der Waals surface area contributed by atoms with E-state index in [1.54, 1.807) is 37.4 Å². The average Bonchev–Trinajstić information content (AvgIpc) is 2.91. The summed E-state index contributed by atoms with van der Waals surface area (Å²) in [4.78, 5) is 39.8. The SMILES string of the molecule is [C-]#[N+]c1c(-c2cccc(OC)c2)nc(SCc2cccc(NC(=O)c3cc(Cl)nc(OC)c3)c2)[nH]c1=O. The Bertz CT molecular complexity index is 1570. The van der Waals surface area contributed by atoms with Gasteiger partial charge in [0, 0.05) is 23.1 Å². The maximum absolute atomic E-state index is 12.7. The van der Waals surface area contributed by atoms with Gasteiger partial charge in [-0.15, -0.1) is 0 Å². The van der Waals surface area contributed by atoms with E-state index >= 15 is 0 Å². The molecule has 0 bridgehead atoms. The monoisotopic (exact) mass is 533 g/mol. The number of aromatic nitrogens is 3. The molecule has 0 atom stereocenters. The highest BCUT2D eigenvalue weighted by molar-refractivity contribution is 7.98. The van der Waals surface area contributed by atoms with Crippen LogP contribution in [0.5, 0.6) is 11.6 Å². The van der Waals surface area contributed by atoms with Gasteiger partial charge in [0.25, 0.3) is 17.2 Å². The fourth-order valence-corrected chi connectivity index (χ4v) is 4.40. The van der Waals surface area contributed by atoms with Crippen molar-refractivity contribution in [3.8, 4) is 22.9 Å². The molecule has 186 valence electrons. The predicted octanol–water partition coefficient (Wildman–Crippen LogP) is 5.60. The molecule has 0 aliphatic rings. The molecule has 4 rings (SSSR count). The van der Waals surface area contributed by atoms with Crippen LogP contribution >= 0.6 is 23.4 Å². The maximum atomic E-state index is 12.7. The average molecular weight is 534 g/mol. The van der Waals surface area contributed by atoms with Crippen LogP contribution in [0.1, 0.15) is 15.9 Å². The van der Waals surface area contributed by atoms with Crippen molar-refractivity contribution in [2.45, 2.75) is 10.9 Å². The van der Waals surface area contributed by atoms with E-state index in [-0.39, 0.29) is 28.3 Å². The van der Waals surface area contributed by atoms with E-state index in [4.69, 9.17) is 27.6 Å². The van der Waals surface area contributed by atoms with E-state index in [9.17, 15) is 9.59 Å². The van der Waals surface area contributed by atoms with Gasteiger partial charge in [0.15, 0.2) is 5.16 Å². The molecule has 0 aliphatic carbocycles. The lowest BCUT2D eigenvalue weighted by atomic mass is 10.1. The largest absolute Gasteiger partial charge is 0.497 e. The van der Waals surface area contributed by atoms with Crippen LogP contribution < -0.4 is 20.3 Å². The van der Waals surface area contributed by atoms with E-state index < -0.39 is 5.56 Å². The Kier molecular flexibility index (Phi) is 8.08. The first-order valence-electron chi connectivity index (χ1n) is 10.8. The summed E-state index contributed by atoms with van der Waals surface area (Å²) in [6.45, 7) is 7.43. The normalized spacial score (nSPS) is 10.4. The molecule has 9 nitrogen and oxygen atoms in total. The molecular weight excluding hydrogens is 514 g/mol. The summed E-state index contributed by atoms with van der Waals surface area (Å²) in [5, 5.41) is 3.34. The molecule has 1 amide bonds. The molecule has 0 fully saturated rings. The highest BCUT2D eigenvalue weighted by Gasteiger charge is 2.15. The number of thioether (sulfide) groups is 1. The van der Waals surface area contributed by atoms with E-state index in [1.807, 2.05) is 18.2 Å². The Morgan fingerprint density at radius 1 is 1.11 bits per heavy atom. The quantitative estimate of drug-likeness (QED) is 0.131. The highest BCUT2D eigenvalue weighted by Crippen LogP contribution is 2.30. The summed E-state index contributed by atoms with van der Waals surface area (Å²) in [7, 11) is 2.99. The van der Waals surface area contributed by atoms with E-state index in [0.29, 0.717) is 33.5 Å². The number of halogens is 1. The number of aromatic amines is 1. The lowest BCUT2D eigenvalue weighted by Gasteiger charge is -2.10. The van der Waals surface area contributed by atoms with Crippen LogP contribution in [-0.2, 0) is 5.75 Å². The first kappa shape index (κ1) is 25.8. The molecule has 2 heterocycles. The van der Waals surface area contributed by atoms with Gasteiger partial charge in [-0.05, 0) is 41.5 Å². The first-order chi connectivity index (χ1) is 17.9. The zero-order chi connectivity index (χ0) is 26.4. The van der Waals surface area contributed by atoms with Gasteiger partial charge in [-0.3, -0.25) is 9.59 Å². The second-order valence-corrected chi connectivity index (χ2v) is 8.93. The third-order valence-electron chi connectivity index (χ3n) is 5.13. The molecule has 37 heavy (non-hydrogen) atoms. The second-order valence-electron chi connectivity index (χ2n) is 7.58. The van der Waals surface area contributed by atoms with Gasteiger partial charge < -0.3 is 19.8 Å². The topological polar surface area (TPSA) is 111 Å². The summed E-state index contributed by atoms with van der Waals surface area (Å²) in [5.41, 5.74) is 2.06. The summed E-state index contributed by atoms with van der Waals surface area (Å²) in [6, 6.07) is 17.3. The molecule has 2 aromatic carbocycles. The standard InChI is InChI=1S/C26H20ClN5O4S/c1-28-23-22(16-7-5-9-19(11-16)35-2)31-26(32-25(23)34)37-14-15-6-4-8-18(10-15)29-24(33)17-12-20(27)30-21(13-17)36-3/h4-13H,14H2,2-3H3,(H,29,33)(H,31,32,34). The van der Waals surface area contributed by atoms with Crippen molar-refractivity contribution in [1.29, 1.82) is 0 Å². The van der Waals surface area contributed by atoms with Crippen molar-refractivity contribution in [2.24, 2.45) is 0 Å². The molecule has 4 aromatic rings. The van der Waals surface area contributed by atoms with Crippen LogP contribution in [0.4, 0.5) is 11.4 Å². The van der Waals surface area contributed by atoms with E-state index in [2.05, 4.69) is 25.1 Å². The van der Waals surface area contributed by atoms with Crippen molar-refractivity contribution in [1.82, 2.24) is 15.0 Å². The van der Waals surface area contributed by atoms with Crippen molar-refractivity contribution in [3.63, 3.8) is 0 Å². The Labute approximate surface area is 221 Å². The van der Waals surface area contributed by atoms with Gasteiger partial charge >= 0.3 is 0 Å². The van der Waals surface area contributed by atoms with Crippen LogP contribution in [0, 0.1) is 6.57 Å². The van der Waals surface area contributed by atoms with Crippen LogP contribution in [0.15, 0.2) is 70.6 Å². The molecule has 0 aliphatic heterocycles. The summed E-state index contributed by atoms with van der Waals surface area (Å²) < 4.78 is 10.3. The lowest BCUT2D eigenvalue weighted by molar-refractivity contribution is 0.102. The Morgan fingerprint density at radius 3 is 2.68 bits per heavy atom. The minimum absolute atomic E-state index is 0.0878. The maximum Gasteiger partial charge on any atom is 0.276 e. The molecule has 0 saturated carbocycles. The van der Waals surface area contributed by atoms with Crippen molar-refractivity contribution < 1.29 is 14.3 Å². The minimum Gasteiger partial charge on any atom is -0.497 e. The minimum atomic E-state index is -0.516. The number of benzene rings is 2. The van der Waals surface area contributed by atoms with Crippen LogP contribution in [-0.4, -0.2) is 35.1 Å². The zero-order valence-electron chi connectivity index (χ0n) is 19.7. The predicted molar refractivity (Wildman–Crippen MR) is 143 cm³/mol. The number of nitrogens with one attached hydrogen (secondary N) is 2. The molecule has 2 N–H and O–H groups in total. The van der Waals surface area contributed by atoms with Crippen LogP contribution in [0.3, 0.4) is 0 Å². The van der Waals surface area contributed by atoms with Gasteiger partial charge in [-0.1, -0.05) is 47.6 Å². The van der Waals surface area contributed by atoms with E-state index in [1.165, 1.54) is 31.0 Å². The number of pyridine rings is 1. The fraction of sp³-hybridized carbons (Fsp3) is 0.115. The van der Waals surface area contributed by atoms with Gasteiger partial charge in [-0.25, -0.2) is 14.8 Å². The molecule has 0 unspecified atom stereocenters. The second kappa shape index (κ2) is 11.6. The third kappa shape index (κ3) is 6.27. The van der Waals surface area contributed by atoms with Crippen molar-refractivity contribution in [2.75, 3.05) is 19.5 Å². The zero-order valence-corrected chi connectivity index (χ0v) is 21.3. The van der Waals surface area contributed by atoms with Crippen molar-refractivity contribution in [3.05, 3.63) is 98.7 Å². The first-order valence-corrected chi connectivity index (χ1v) is 12.2. The van der Waals surface area contributed by atoms with Crippen LogP contribution in [0.2, 0.25) is 5.15 Å². The van der Waals surface area contributed by atoms with E-state index in [0.717, 1.165) is 5.56 Å². The summed E-state index contributed by atoms with van der Waals surface area (Å²) in [6.07, 6.45) is 0. The number of H-pyrrole nitrogens is 1. The van der Waals surface area contributed by atoms with Gasteiger partial charge in [0.05, 0.1) is 26.5 Å². The number of nitrogens with zero attached hydrogens (tertiary/aromatic N) is 3. The number of hydrogen-bond acceptors (Lipinski definition) is 7. The molecular formula is C26H20ClN5O4S. The molecule has 2 aromatic heterocycles. The number of carbonyl (C=O) groups excluding carboxylic acids is 1. The Hall–Kier alpha value is -4.33. The van der Waals surface area contributed by atoms with Gasteiger partial charge in [0.2, 0.25) is 5.88 Å².